The van der Waals surface area contributed by atoms with E-state index in [4.69, 9.17) is 37.0 Å². The smallest absolute Gasteiger partial charge is 0.416 e. The summed E-state index contributed by atoms with van der Waals surface area (Å²) in [6.07, 6.45) is 45.5. The summed E-state index contributed by atoms with van der Waals surface area (Å²) < 4.78 is 189. The zero-order valence-corrected chi connectivity index (χ0v) is 88.6. The van der Waals surface area contributed by atoms with Gasteiger partial charge in [0.25, 0.3) is 0 Å². The van der Waals surface area contributed by atoms with Gasteiger partial charge in [0.15, 0.2) is 25.0 Å². The Kier molecular flexibility index (Phi) is 70.9. The van der Waals surface area contributed by atoms with Gasteiger partial charge in [0.2, 0.25) is 0 Å². The van der Waals surface area contributed by atoms with E-state index in [0.717, 1.165) is 173 Å². The van der Waals surface area contributed by atoms with Crippen molar-refractivity contribution in [3.8, 4) is 5.75 Å². The minimum absolute atomic E-state index is 0. The zero-order chi connectivity index (χ0) is 102. The van der Waals surface area contributed by atoms with Gasteiger partial charge in [-0.25, -0.2) is 35.1 Å². The lowest BCUT2D eigenvalue weighted by Crippen LogP contribution is -2.33. The van der Waals surface area contributed by atoms with Gasteiger partial charge in [0, 0.05) is 120 Å². The summed E-state index contributed by atoms with van der Waals surface area (Å²) in [6.45, 7) is 20.3. The Morgan fingerprint density at radius 3 is 1.22 bits per heavy atom. The molecular weight excluding hydrogens is 1880 g/mol. The van der Waals surface area contributed by atoms with E-state index in [-0.39, 0.29) is 147 Å². The van der Waals surface area contributed by atoms with Crippen molar-refractivity contribution in [1.82, 2.24) is 0 Å². The van der Waals surface area contributed by atoms with Crippen molar-refractivity contribution < 1.29 is 126 Å². The van der Waals surface area contributed by atoms with Crippen LogP contribution in [0.15, 0.2) is 110 Å². The number of alkyl halides is 11. The second-order valence-corrected chi connectivity index (χ2v) is 40.0. The van der Waals surface area contributed by atoms with Crippen LogP contribution in [-0.2, 0) is 48.1 Å². The van der Waals surface area contributed by atoms with Crippen LogP contribution in [0.2, 0.25) is 0 Å². The molecule has 16 unspecified atom stereocenters. The molecule has 38 atom stereocenters. The number of ether oxygens (including phenoxy) is 4. The normalized spacial score (nSPS) is 34.9. The van der Waals surface area contributed by atoms with E-state index in [1.54, 1.807) is 19.4 Å². The van der Waals surface area contributed by atoms with Gasteiger partial charge in [-0.15, -0.1) is 0 Å². The Labute approximate surface area is 846 Å². The van der Waals surface area contributed by atoms with Gasteiger partial charge >= 0.3 is 6.18 Å². The van der Waals surface area contributed by atoms with Crippen LogP contribution in [0.5, 0.6) is 5.75 Å². The van der Waals surface area contributed by atoms with Crippen molar-refractivity contribution >= 4 is 49.9 Å². The first kappa shape index (κ1) is 132. The van der Waals surface area contributed by atoms with E-state index in [0.29, 0.717) is 76.0 Å². The van der Waals surface area contributed by atoms with Gasteiger partial charge in [-0.2, -0.15) is 13.2 Å². The number of hydrogen-bond donors (Lipinski definition) is 5. The number of aliphatic hydroxyl groups is 5. The number of unbranched alkanes of at least 4 members (excludes halogenated alkanes) is 5. The molecule has 8 saturated carbocycles. The van der Waals surface area contributed by atoms with Crippen LogP contribution in [0, 0.1) is 94.7 Å². The predicted molar refractivity (Wildman–Crippen MR) is 563 cm³/mol. The van der Waals surface area contributed by atoms with E-state index < -0.39 is 110 Å². The van der Waals surface area contributed by atoms with Crippen LogP contribution < -0.4 is 4.74 Å². The SMILES string of the molecule is C.C.CCC/C=C\CC[C@@H]1[C@@H](CC)[C@@H](F)C[C@@H]1O.CCC/C=C\CC[C@H]1C(OP)CC(F)[C@@H]1/C=C/C(=O)COc1cccc(C(F)(F)F)c1.CCC/C=C\CC[C@H]1C(OP)CC(F)[C@@H]1C=O.CCC/C=C\CC[C@H]1C(OP)CC(F)[C@@H]1CC.CCC/C=C\CC[C@H]1C(OP)CC(F)[C@@H]1CO.CC[C@@H]1[C@H]2CC(O)O[C@H]2C[C@@H]1F.CC[C@@H]1[C@H]2CCC(O)O[C@H]2C[C@@H]1F.CC[C@H]1C(F)CC(O)[C@@H]1CC=COC.[3HH].[3HH].[3HH].[3HH]. The molecule has 8 aliphatic carbocycles. The summed E-state index contributed by atoms with van der Waals surface area (Å²) >= 11 is 0. The van der Waals surface area contributed by atoms with Crippen LogP contribution in [0.25, 0.3) is 0 Å². The first-order valence-electron chi connectivity index (χ1n) is 51.9. The van der Waals surface area contributed by atoms with E-state index in [1.165, 1.54) is 31.1 Å². The number of methoxy groups -OCH3 is 1. The highest BCUT2D eigenvalue weighted by molar-refractivity contribution is 7.10. The third-order valence-corrected chi connectivity index (χ3v) is 31.3. The first-order chi connectivity index (χ1) is 65.8. The Balaban J connectivity index is -0.00000158. The topological polar surface area (TPSA) is 209 Å². The van der Waals surface area contributed by atoms with Gasteiger partial charge in [-0.05, 0) is 223 Å². The lowest BCUT2D eigenvalue weighted by molar-refractivity contribution is -0.178. The van der Waals surface area contributed by atoms with Gasteiger partial charge < -0.3 is 67.4 Å². The molecule has 0 spiro atoms. The second-order valence-electron chi connectivity index (χ2n) is 38.9. The molecule has 2 aliphatic heterocycles. The molecule has 2 heterocycles. The number of benzene rings is 1. The van der Waals surface area contributed by atoms with E-state index in [1.807, 2.05) is 33.8 Å². The highest BCUT2D eigenvalue weighted by atomic mass is 31.0. The Morgan fingerprint density at radius 2 is 0.784 bits per heavy atom. The predicted octanol–water partition coefficient (Wildman–Crippen LogP) is 29.7. The molecular formula is C109H193F11O15P4. The van der Waals surface area contributed by atoms with E-state index >= 15 is 0 Å². The quantitative estimate of drug-likeness (QED) is 0.0103. The average Bonchev–Trinajstić information content (AvgIpc) is 1.64. The number of fused-ring (bicyclic) bond motifs is 2. The molecule has 11 rings (SSSR count). The van der Waals surface area contributed by atoms with Crippen LogP contribution in [0.1, 0.15) is 333 Å². The second kappa shape index (κ2) is 74.7. The van der Waals surface area contributed by atoms with Crippen molar-refractivity contribution in [2.45, 2.75) is 439 Å². The number of rotatable bonds is 44. The standard InChI is InChI=1S/C23H29F4O3P.C14H26FOP.C14H25FO.C13H24FO2P.C13H22FO2P.C11H19FO2.C10H17FO2.C9H15FO2.2CH4.4H2/c1-2-3-4-5-6-10-20-19(21(24)14-22(20)30-31)12-11-17(28)15-29-18-9-7-8-16(13-18)23(25,26)27;1-3-5-6-7-8-9-12-11(4-2)13(15)10-14(12)16-17;1-3-5-6-7-8-9-12-11(4-2)13(15)10-14(12)16;2*1-2-3-4-5-6-7-10-11(9-15)12(14)8-13(10)16-17;1-3-8-9(5-4-6-14-2)11(13)7-10(8)12;1-2-6-7-3-4-10(12)13-9(7)5-8(6)11;1-2-5-6-3-9(11)12-8(6)4-7(5)10;;;;;;/h4-5,7-9,11-13,19-22H,2-3,6,10,14-15,31H2,1H3;6-7,11-14H,3-5,8-10,17H2,1-2H3;6-7,11-14,16H,3-5,8-10H2,1-2H3;4-5,10-13,15H,2-3,6-9,17H2,1H3;4-5,9-13H,2-3,6-8,17H2,1H3;4,6,8-11,13H,3,5,7H2,1-2H3;6-10,12H,2-5H2,1H3;5-9,11H,2-4H2,1H3;2*1H4;4*1H/b5-4-,12-11+;2*7-6-;2*5-4-;;;;;;;;;/t19-,20-,21?,22?;11-,12-,13?,14?;11-,12-,13+,14+;2*10-,11-,12?,13?;8-,9-,10?,11?;6-,7-,8+,9+,10?;5-,6-,7+,8+,9?;;;;;;/m11111111....../s1/i;;;;;;;;;;4*1+2. The monoisotopic (exact) mass is 2080 g/mol. The van der Waals surface area contributed by atoms with Gasteiger partial charge in [-0.1, -0.05) is 221 Å². The number of allylic oxidation sites excluding steroid dienone is 12. The molecule has 0 amide bonds. The molecule has 2 saturated heterocycles. The van der Waals surface area contributed by atoms with Crippen molar-refractivity contribution in [3.05, 3.63) is 115 Å². The molecule has 1 aromatic rings. The Bertz CT molecular complexity index is 3500. The average molecular weight is 2080 g/mol. The summed E-state index contributed by atoms with van der Waals surface area (Å²) in [5, 5.41) is 47.1. The summed E-state index contributed by atoms with van der Waals surface area (Å²) in [5.41, 5.74) is -0.849. The van der Waals surface area contributed by atoms with E-state index in [2.05, 4.69) is 140 Å². The number of carbonyl (C=O) groups excluding carboxylic acids is 2. The number of ketones is 1. The van der Waals surface area contributed by atoms with E-state index in [9.17, 15) is 83.4 Å². The third-order valence-electron chi connectivity index (χ3n) is 29.9. The van der Waals surface area contributed by atoms with Gasteiger partial charge in [0.05, 0.1) is 73.7 Å². The number of aldehydes is 1. The Morgan fingerprint density at radius 1 is 0.424 bits per heavy atom. The Hall–Kier alpha value is -3.15. The lowest BCUT2D eigenvalue weighted by atomic mass is 9.86. The molecule has 0 aromatic heterocycles. The van der Waals surface area contributed by atoms with Crippen LogP contribution >= 0.6 is 37.9 Å². The summed E-state index contributed by atoms with van der Waals surface area (Å²) in [5.74, 6) is 0.205. The highest BCUT2D eigenvalue weighted by Crippen LogP contribution is 2.50. The molecule has 816 valence electrons. The third kappa shape index (κ3) is 45.0. The number of halogens is 11. The number of hydrogen-bond acceptors (Lipinski definition) is 15. The van der Waals surface area contributed by atoms with Crippen molar-refractivity contribution in [1.29, 1.82) is 0 Å². The number of carbonyl (C=O) groups is 2. The maximum atomic E-state index is 14.6. The molecule has 5 N–H and O–H groups in total. The lowest BCUT2D eigenvalue weighted by Gasteiger charge is -2.31. The molecule has 0 radical (unpaired) electrons. The molecule has 10 fully saturated rings. The minimum atomic E-state index is -4.49. The fourth-order valence-electron chi connectivity index (χ4n) is 22.4. The number of aliphatic hydroxyl groups excluding tert-OH is 5. The largest absolute Gasteiger partial charge is 0.505 e. The maximum absolute atomic E-state index is 14.6. The fraction of sp³-hybridized carbons (Fsp3) is 0.798. The zero-order valence-electron chi connectivity index (χ0n) is 84.0. The van der Waals surface area contributed by atoms with Crippen LogP contribution in [0.3, 0.4) is 0 Å². The summed E-state index contributed by atoms with van der Waals surface area (Å²) in [6, 6.07) is 4.34. The van der Waals surface area contributed by atoms with Crippen molar-refractivity contribution in [3.63, 3.8) is 0 Å². The first-order valence-corrected chi connectivity index (χ1v) is 53.8. The van der Waals surface area contributed by atoms with Gasteiger partial charge in [0.1, 0.15) is 61.4 Å². The molecule has 10 aliphatic rings. The fourth-order valence-corrected chi connectivity index (χ4v) is 23.6. The highest BCUT2D eigenvalue weighted by Gasteiger charge is 2.51. The molecule has 1 aromatic carbocycles. The summed E-state index contributed by atoms with van der Waals surface area (Å²) in [4.78, 5) is 23.1. The van der Waals surface area contributed by atoms with Crippen LogP contribution in [-0.4, -0.2) is 169 Å². The molecule has 30 heteroatoms. The molecule has 15 nitrogen and oxygen atoms in total. The van der Waals surface area contributed by atoms with Crippen LogP contribution in [0.4, 0.5) is 48.3 Å². The molecule has 0 bridgehead atoms. The van der Waals surface area contributed by atoms with Crippen molar-refractivity contribution in [2.75, 3.05) is 20.3 Å². The van der Waals surface area contributed by atoms with Crippen molar-refractivity contribution in [2.24, 2.45) is 94.7 Å². The van der Waals surface area contributed by atoms with Gasteiger partial charge in [-0.3, -0.25) is 4.79 Å². The summed E-state index contributed by atoms with van der Waals surface area (Å²) in [7, 11) is 10.5. The molecule has 139 heavy (non-hydrogen) atoms. The minimum Gasteiger partial charge on any atom is -0.505 e. The maximum Gasteiger partial charge on any atom is 0.416 e.